The first-order chi connectivity index (χ1) is 5.39. The van der Waals surface area contributed by atoms with Crippen molar-refractivity contribution in [3.63, 3.8) is 0 Å². The van der Waals surface area contributed by atoms with Crippen molar-refractivity contribution in [2.75, 3.05) is 19.9 Å². The lowest BCUT2D eigenvalue weighted by Crippen LogP contribution is -2.13. The molecule has 1 rings (SSSR count). The van der Waals surface area contributed by atoms with Crippen LogP contribution in [0.3, 0.4) is 0 Å². The Balaban J connectivity index is 2.36. The summed E-state index contributed by atoms with van der Waals surface area (Å²) in [5.41, 5.74) is 0. The molecule has 1 aliphatic heterocycles. The second kappa shape index (κ2) is 4.79. The van der Waals surface area contributed by atoms with Crippen molar-refractivity contribution < 1.29 is 9.47 Å². The van der Waals surface area contributed by atoms with Gasteiger partial charge in [0, 0.05) is 6.20 Å². The van der Waals surface area contributed by atoms with E-state index in [9.17, 15) is 0 Å². The molecule has 0 fully saturated rings. The summed E-state index contributed by atoms with van der Waals surface area (Å²) in [5.74, 6) is 0.875. The molecule has 3 heteroatoms. The zero-order chi connectivity index (χ0) is 7.94. The molecule has 3 nitrogen and oxygen atoms in total. The Morgan fingerprint density at radius 3 is 3.09 bits per heavy atom. The highest BCUT2D eigenvalue weighted by Gasteiger charge is 1.89. The third-order valence-electron chi connectivity index (χ3n) is 1.28. The largest absolute Gasteiger partial charge is 0.493 e. The van der Waals surface area contributed by atoms with E-state index in [2.05, 4.69) is 5.32 Å². The van der Waals surface area contributed by atoms with Gasteiger partial charge in [-0.05, 0) is 13.0 Å². The Kier molecular flexibility index (Phi) is 3.55. The van der Waals surface area contributed by atoms with Gasteiger partial charge in [-0.1, -0.05) is 6.08 Å². The molecule has 0 saturated heterocycles. The molecule has 1 N–H and O–H groups in total. The van der Waals surface area contributed by atoms with E-state index in [-0.39, 0.29) is 0 Å². The molecule has 0 spiro atoms. The van der Waals surface area contributed by atoms with Crippen LogP contribution in [0, 0.1) is 0 Å². The molecule has 1 aliphatic rings. The fourth-order valence-corrected chi connectivity index (χ4v) is 0.729. The van der Waals surface area contributed by atoms with Crippen molar-refractivity contribution in [2.24, 2.45) is 0 Å². The molecule has 11 heavy (non-hydrogen) atoms. The summed E-state index contributed by atoms with van der Waals surface area (Å²) in [6, 6.07) is 0. The molecule has 0 aromatic carbocycles. The van der Waals surface area contributed by atoms with Crippen molar-refractivity contribution in [1.29, 1.82) is 0 Å². The van der Waals surface area contributed by atoms with Crippen LogP contribution >= 0.6 is 0 Å². The van der Waals surface area contributed by atoms with E-state index in [4.69, 9.17) is 9.47 Å². The van der Waals surface area contributed by atoms with Crippen LogP contribution in [0.2, 0.25) is 0 Å². The fourth-order valence-electron chi connectivity index (χ4n) is 0.729. The van der Waals surface area contributed by atoms with Gasteiger partial charge in [-0.25, -0.2) is 0 Å². The smallest absolute Gasteiger partial charge is 0.116 e. The molecule has 0 aromatic heterocycles. The topological polar surface area (TPSA) is 30.5 Å². The fraction of sp³-hybridized carbons (Fsp3) is 0.500. The minimum Gasteiger partial charge on any atom is -0.493 e. The van der Waals surface area contributed by atoms with Gasteiger partial charge in [-0.2, -0.15) is 0 Å². The summed E-state index contributed by atoms with van der Waals surface area (Å²) in [6.07, 6.45) is 5.70. The molecule has 0 aliphatic carbocycles. The predicted molar refractivity (Wildman–Crippen MR) is 42.8 cm³/mol. The van der Waals surface area contributed by atoms with Crippen LogP contribution in [0.4, 0.5) is 0 Å². The van der Waals surface area contributed by atoms with Gasteiger partial charge in [-0.3, -0.25) is 0 Å². The highest BCUT2D eigenvalue weighted by atomic mass is 16.5. The van der Waals surface area contributed by atoms with E-state index >= 15 is 0 Å². The quantitative estimate of drug-likeness (QED) is 0.529. The zero-order valence-corrected chi connectivity index (χ0v) is 6.67. The molecular formula is C8H13NO2. The summed E-state index contributed by atoms with van der Waals surface area (Å²) in [5, 5.41) is 2.96. The SMILES string of the molecule is C/C1=C/NCOC/C=C\CO1. The van der Waals surface area contributed by atoms with Gasteiger partial charge >= 0.3 is 0 Å². The monoisotopic (exact) mass is 155 g/mol. The second-order valence-electron chi connectivity index (χ2n) is 2.26. The molecular weight excluding hydrogens is 142 g/mol. The van der Waals surface area contributed by atoms with E-state index in [1.807, 2.05) is 19.1 Å². The van der Waals surface area contributed by atoms with E-state index in [0.717, 1.165) is 5.76 Å². The van der Waals surface area contributed by atoms with Crippen LogP contribution in [-0.2, 0) is 9.47 Å². The molecule has 0 unspecified atom stereocenters. The predicted octanol–water partition coefficient (Wildman–Crippen LogP) is 0.998. The highest BCUT2D eigenvalue weighted by Crippen LogP contribution is 1.94. The van der Waals surface area contributed by atoms with Crippen molar-refractivity contribution >= 4 is 0 Å². The Labute approximate surface area is 66.7 Å². The Morgan fingerprint density at radius 1 is 1.36 bits per heavy atom. The van der Waals surface area contributed by atoms with Gasteiger partial charge < -0.3 is 14.8 Å². The summed E-state index contributed by atoms with van der Waals surface area (Å²) in [7, 11) is 0. The maximum Gasteiger partial charge on any atom is 0.116 e. The molecule has 0 amide bonds. The van der Waals surface area contributed by atoms with Crippen molar-refractivity contribution in [1.82, 2.24) is 5.32 Å². The second-order valence-corrected chi connectivity index (χ2v) is 2.26. The molecule has 62 valence electrons. The number of rotatable bonds is 0. The lowest BCUT2D eigenvalue weighted by atomic mass is 10.5. The van der Waals surface area contributed by atoms with E-state index in [1.165, 1.54) is 0 Å². The third kappa shape index (κ3) is 3.68. The van der Waals surface area contributed by atoms with E-state index in [1.54, 1.807) is 6.20 Å². The van der Waals surface area contributed by atoms with Gasteiger partial charge in [0.05, 0.1) is 6.61 Å². The first-order valence-electron chi connectivity index (χ1n) is 3.65. The number of nitrogens with one attached hydrogen (secondary N) is 1. The van der Waals surface area contributed by atoms with Crippen LogP contribution in [0.5, 0.6) is 0 Å². The van der Waals surface area contributed by atoms with Gasteiger partial charge in [0.25, 0.3) is 0 Å². The first kappa shape index (κ1) is 8.14. The van der Waals surface area contributed by atoms with Crippen molar-refractivity contribution in [3.8, 4) is 0 Å². The average Bonchev–Trinajstić information content (AvgIpc) is 2.03. The molecule has 0 aromatic rings. The van der Waals surface area contributed by atoms with Crippen LogP contribution < -0.4 is 5.32 Å². The minimum atomic E-state index is 0.533. The van der Waals surface area contributed by atoms with Crippen LogP contribution in [0.25, 0.3) is 0 Å². The molecule has 0 saturated carbocycles. The molecule has 0 bridgehead atoms. The Bertz CT molecular complexity index is 163. The number of ether oxygens (including phenoxy) is 2. The third-order valence-corrected chi connectivity index (χ3v) is 1.28. The van der Waals surface area contributed by atoms with Crippen molar-refractivity contribution in [3.05, 3.63) is 24.1 Å². The van der Waals surface area contributed by atoms with Crippen LogP contribution in [-0.4, -0.2) is 19.9 Å². The normalized spacial score (nSPS) is 27.2. The van der Waals surface area contributed by atoms with Gasteiger partial charge in [0.2, 0.25) is 0 Å². The average molecular weight is 155 g/mol. The maximum absolute atomic E-state index is 5.27. The number of hydrogen-bond acceptors (Lipinski definition) is 3. The molecule has 1 heterocycles. The number of allylic oxidation sites excluding steroid dienone is 1. The lowest BCUT2D eigenvalue weighted by molar-refractivity contribution is 0.147. The minimum absolute atomic E-state index is 0.533. The van der Waals surface area contributed by atoms with E-state index in [0.29, 0.717) is 19.9 Å². The summed E-state index contributed by atoms with van der Waals surface area (Å²) < 4.78 is 10.4. The summed E-state index contributed by atoms with van der Waals surface area (Å²) >= 11 is 0. The van der Waals surface area contributed by atoms with E-state index < -0.39 is 0 Å². The van der Waals surface area contributed by atoms with Crippen LogP contribution in [0.1, 0.15) is 6.92 Å². The maximum atomic E-state index is 5.27. The first-order valence-corrected chi connectivity index (χ1v) is 3.65. The summed E-state index contributed by atoms with van der Waals surface area (Å²) in [4.78, 5) is 0. The lowest BCUT2D eigenvalue weighted by Gasteiger charge is -2.07. The highest BCUT2D eigenvalue weighted by molar-refractivity contribution is 4.90. The van der Waals surface area contributed by atoms with Crippen LogP contribution in [0.15, 0.2) is 24.1 Å². The standard InChI is InChI=1S/C8H13NO2/c1-8-6-9-7-10-4-2-3-5-11-8/h2-3,6,9H,4-5,7H2,1H3/b3-2-,8-6-. The number of hydrogen-bond donors (Lipinski definition) is 1. The van der Waals surface area contributed by atoms with Crippen molar-refractivity contribution in [2.45, 2.75) is 6.92 Å². The Hall–Kier alpha value is -0.960. The summed E-state index contributed by atoms with van der Waals surface area (Å²) in [6.45, 7) is 3.70. The van der Waals surface area contributed by atoms with Gasteiger partial charge in [0.15, 0.2) is 0 Å². The van der Waals surface area contributed by atoms with Gasteiger partial charge in [-0.15, -0.1) is 0 Å². The Morgan fingerprint density at radius 2 is 2.18 bits per heavy atom. The molecule has 0 atom stereocenters. The van der Waals surface area contributed by atoms with Gasteiger partial charge in [0.1, 0.15) is 19.1 Å². The molecule has 0 radical (unpaired) electrons. The zero-order valence-electron chi connectivity index (χ0n) is 6.67.